The summed E-state index contributed by atoms with van der Waals surface area (Å²) in [6.45, 7) is 5.63. The molecular formula is C22H27NO6S. The van der Waals surface area contributed by atoms with Crippen molar-refractivity contribution in [2.24, 2.45) is 5.92 Å². The maximum absolute atomic E-state index is 12.8. The summed E-state index contributed by atoms with van der Waals surface area (Å²) in [5, 5.41) is 11.9. The van der Waals surface area contributed by atoms with Crippen LogP contribution in [0.25, 0.3) is 0 Å². The van der Waals surface area contributed by atoms with Gasteiger partial charge in [-0.05, 0) is 48.2 Å². The van der Waals surface area contributed by atoms with E-state index in [1.54, 1.807) is 31.2 Å². The molecule has 2 rings (SSSR count). The Morgan fingerprint density at radius 1 is 1.07 bits per heavy atom. The lowest BCUT2D eigenvalue weighted by molar-refractivity contribution is -0.137. The van der Waals surface area contributed by atoms with Crippen LogP contribution in [0.4, 0.5) is 0 Å². The topological polar surface area (TPSA) is 110 Å². The molecule has 162 valence electrons. The van der Waals surface area contributed by atoms with Crippen molar-refractivity contribution in [2.45, 2.75) is 44.4 Å². The summed E-state index contributed by atoms with van der Waals surface area (Å²) >= 11 is 0. The van der Waals surface area contributed by atoms with Crippen molar-refractivity contribution >= 4 is 21.7 Å². The fourth-order valence-electron chi connectivity index (χ4n) is 2.92. The second kappa shape index (κ2) is 9.86. The molecule has 0 spiro atoms. The normalized spacial score (nSPS) is 13.6. The van der Waals surface area contributed by atoms with E-state index in [1.807, 2.05) is 13.8 Å². The van der Waals surface area contributed by atoms with E-state index in [-0.39, 0.29) is 34.9 Å². The minimum atomic E-state index is -3.32. The predicted molar refractivity (Wildman–Crippen MR) is 113 cm³/mol. The van der Waals surface area contributed by atoms with E-state index in [0.717, 1.165) is 11.8 Å². The zero-order chi connectivity index (χ0) is 22.5. The summed E-state index contributed by atoms with van der Waals surface area (Å²) in [6.07, 6.45) is 0.412. The number of hydrogen-bond acceptors (Lipinski definition) is 5. The fraction of sp³-hybridized carbons (Fsp3) is 0.364. The van der Waals surface area contributed by atoms with Gasteiger partial charge >= 0.3 is 5.97 Å². The molecule has 1 amide bonds. The van der Waals surface area contributed by atoms with E-state index in [0.29, 0.717) is 5.56 Å². The second-order valence-electron chi connectivity index (χ2n) is 7.55. The lowest BCUT2D eigenvalue weighted by Gasteiger charge is -2.24. The van der Waals surface area contributed by atoms with Gasteiger partial charge in [0.25, 0.3) is 0 Å². The number of carboxylic acids is 1. The van der Waals surface area contributed by atoms with Gasteiger partial charge in [-0.1, -0.05) is 38.1 Å². The molecule has 0 aliphatic rings. The van der Waals surface area contributed by atoms with Crippen molar-refractivity contribution in [1.82, 2.24) is 5.32 Å². The van der Waals surface area contributed by atoms with Crippen LogP contribution in [0.1, 0.15) is 48.3 Å². The zero-order valence-corrected chi connectivity index (χ0v) is 18.3. The first-order valence-electron chi connectivity index (χ1n) is 9.53. The number of aromatic carboxylic acids is 1. The van der Waals surface area contributed by atoms with Gasteiger partial charge in [-0.3, -0.25) is 4.79 Å². The molecule has 8 heteroatoms. The van der Waals surface area contributed by atoms with Gasteiger partial charge in [-0.2, -0.15) is 0 Å². The summed E-state index contributed by atoms with van der Waals surface area (Å²) in [6, 6.07) is 12.4. The maximum atomic E-state index is 12.8. The Kier molecular flexibility index (Phi) is 7.75. The van der Waals surface area contributed by atoms with Crippen molar-refractivity contribution < 1.29 is 27.9 Å². The average molecular weight is 434 g/mol. The Labute approximate surface area is 177 Å². The van der Waals surface area contributed by atoms with E-state index in [1.165, 1.54) is 24.3 Å². The Hall–Kier alpha value is -2.71. The van der Waals surface area contributed by atoms with Crippen molar-refractivity contribution in [2.75, 3.05) is 6.26 Å². The lowest BCUT2D eigenvalue weighted by Crippen LogP contribution is -2.40. The lowest BCUT2D eigenvalue weighted by atomic mass is 10.0. The standard InChI is InChI=1S/C22H27NO6S/c1-14(2)20(29-13-16-6-5-7-19(12-16)30(4,27)28)21(24)23-15(3)17-8-10-18(11-9-17)22(25)26/h5-12,14-15,20H,13H2,1-4H3,(H,23,24)(H,25,26). The van der Waals surface area contributed by atoms with Crippen LogP contribution in [0.15, 0.2) is 53.4 Å². The highest BCUT2D eigenvalue weighted by Crippen LogP contribution is 2.18. The Bertz CT molecular complexity index is 999. The smallest absolute Gasteiger partial charge is 0.335 e. The first-order valence-corrected chi connectivity index (χ1v) is 11.4. The first kappa shape index (κ1) is 23.6. The number of carboxylic acid groups (broad SMARTS) is 1. The molecule has 0 aromatic heterocycles. The van der Waals surface area contributed by atoms with E-state index in [4.69, 9.17) is 9.84 Å². The summed E-state index contributed by atoms with van der Waals surface area (Å²) in [5.41, 5.74) is 1.61. The molecule has 0 saturated carbocycles. The van der Waals surface area contributed by atoms with Gasteiger partial charge in [0.1, 0.15) is 6.10 Å². The largest absolute Gasteiger partial charge is 0.478 e. The van der Waals surface area contributed by atoms with Gasteiger partial charge in [-0.25, -0.2) is 13.2 Å². The van der Waals surface area contributed by atoms with E-state index in [2.05, 4.69) is 5.32 Å². The van der Waals surface area contributed by atoms with Crippen molar-refractivity contribution in [1.29, 1.82) is 0 Å². The summed E-state index contributed by atoms with van der Waals surface area (Å²) in [7, 11) is -3.32. The van der Waals surface area contributed by atoms with Crippen LogP contribution in [0, 0.1) is 5.92 Å². The molecule has 2 N–H and O–H groups in total. The van der Waals surface area contributed by atoms with Gasteiger partial charge in [-0.15, -0.1) is 0 Å². The molecule has 0 heterocycles. The molecule has 0 fully saturated rings. The van der Waals surface area contributed by atoms with Crippen LogP contribution in [0.5, 0.6) is 0 Å². The van der Waals surface area contributed by atoms with Crippen LogP contribution < -0.4 is 5.32 Å². The molecule has 2 aromatic rings. The summed E-state index contributed by atoms with van der Waals surface area (Å²) in [4.78, 5) is 23.9. The van der Waals surface area contributed by atoms with Crippen molar-refractivity contribution in [3.8, 4) is 0 Å². The molecule has 0 saturated heterocycles. The Morgan fingerprint density at radius 2 is 1.70 bits per heavy atom. The fourth-order valence-corrected chi connectivity index (χ4v) is 3.61. The number of nitrogens with one attached hydrogen (secondary N) is 1. The van der Waals surface area contributed by atoms with Gasteiger partial charge in [0.2, 0.25) is 5.91 Å². The highest BCUT2D eigenvalue weighted by atomic mass is 32.2. The predicted octanol–water partition coefficient (Wildman–Crippen LogP) is 3.21. The number of carbonyl (C=O) groups excluding carboxylic acids is 1. The van der Waals surface area contributed by atoms with E-state index >= 15 is 0 Å². The monoisotopic (exact) mass is 433 g/mol. The van der Waals surface area contributed by atoms with Crippen LogP contribution in [0.2, 0.25) is 0 Å². The minimum Gasteiger partial charge on any atom is -0.478 e. The Balaban J connectivity index is 2.05. The van der Waals surface area contributed by atoms with Gasteiger partial charge in [0.05, 0.1) is 23.1 Å². The van der Waals surface area contributed by atoms with E-state index < -0.39 is 21.9 Å². The zero-order valence-electron chi connectivity index (χ0n) is 17.5. The van der Waals surface area contributed by atoms with Gasteiger partial charge in [0, 0.05) is 6.26 Å². The average Bonchev–Trinajstić information content (AvgIpc) is 2.67. The van der Waals surface area contributed by atoms with Crippen molar-refractivity contribution in [3.63, 3.8) is 0 Å². The number of sulfone groups is 1. The number of benzene rings is 2. The third kappa shape index (κ3) is 6.40. The molecule has 7 nitrogen and oxygen atoms in total. The van der Waals surface area contributed by atoms with Gasteiger partial charge < -0.3 is 15.2 Å². The first-order chi connectivity index (χ1) is 14.0. The molecule has 2 aromatic carbocycles. The highest BCUT2D eigenvalue weighted by molar-refractivity contribution is 7.90. The molecule has 0 radical (unpaired) electrons. The number of amides is 1. The Morgan fingerprint density at radius 3 is 2.23 bits per heavy atom. The third-order valence-corrected chi connectivity index (χ3v) is 5.75. The van der Waals surface area contributed by atoms with Crippen LogP contribution in [0.3, 0.4) is 0 Å². The van der Waals surface area contributed by atoms with Crippen LogP contribution in [-0.4, -0.2) is 37.8 Å². The van der Waals surface area contributed by atoms with Crippen LogP contribution in [-0.2, 0) is 26.0 Å². The SMILES string of the molecule is CC(NC(=O)C(OCc1cccc(S(C)(=O)=O)c1)C(C)C)c1ccc(C(=O)O)cc1. The molecule has 0 aliphatic carbocycles. The summed E-state index contributed by atoms with van der Waals surface area (Å²) < 4.78 is 29.3. The molecule has 2 unspecified atom stereocenters. The van der Waals surface area contributed by atoms with Gasteiger partial charge in [0.15, 0.2) is 9.84 Å². The molecular weight excluding hydrogens is 406 g/mol. The summed E-state index contributed by atoms with van der Waals surface area (Å²) in [5.74, 6) is -1.41. The number of rotatable bonds is 9. The van der Waals surface area contributed by atoms with Crippen LogP contribution >= 0.6 is 0 Å². The molecule has 30 heavy (non-hydrogen) atoms. The highest BCUT2D eigenvalue weighted by Gasteiger charge is 2.25. The van der Waals surface area contributed by atoms with E-state index in [9.17, 15) is 18.0 Å². The maximum Gasteiger partial charge on any atom is 0.335 e. The third-order valence-electron chi connectivity index (χ3n) is 4.64. The minimum absolute atomic E-state index is 0.0985. The second-order valence-corrected chi connectivity index (χ2v) is 9.57. The molecule has 0 bridgehead atoms. The number of ether oxygens (including phenoxy) is 1. The molecule has 2 atom stereocenters. The molecule has 0 aliphatic heterocycles. The number of carbonyl (C=O) groups is 2. The number of hydrogen-bond donors (Lipinski definition) is 2. The van der Waals surface area contributed by atoms with Crippen molar-refractivity contribution in [3.05, 3.63) is 65.2 Å². The quantitative estimate of drug-likeness (QED) is 0.628.